The summed E-state index contributed by atoms with van der Waals surface area (Å²) in [7, 11) is 0. The van der Waals surface area contributed by atoms with E-state index in [1.807, 2.05) is 36.4 Å². The highest BCUT2D eigenvalue weighted by Crippen LogP contribution is 2.49. The van der Waals surface area contributed by atoms with Crippen molar-refractivity contribution in [2.24, 2.45) is 0 Å². The predicted molar refractivity (Wildman–Crippen MR) is 145 cm³/mol. The van der Waals surface area contributed by atoms with Crippen molar-refractivity contribution in [2.75, 3.05) is 0 Å². The van der Waals surface area contributed by atoms with Crippen LogP contribution in [0.4, 0.5) is 0 Å². The summed E-state index contributed by atoms with van der Waals surface area (Å²) in [5.74, 6) is 2.07. The molecule has 2 aliphatic rings. The standard InChI is InChI=1S/C31H23ClN4O/c32-25-17-8-7-15-23(25)29-34-30-27-26(21-12-5-2-6-13-21)24-16-9-14-22(18-20-10-3-1-4-11-20)28(24)37-31(27)33-19-36(30)35-29/h1-8,10-13,15,17-19,26H,9,14,16H2/b22-18+. The summed E-state index contributed by atoms with van der Waals surface area (Å²) in [6.45, 7) is 0. The Labute approximate surface area is 219 Å². The van der Waals surface area contributed by atoms with Crippen LogP contribution in [-0.4, -0.2) is 19.6 Å². The van der Waals surface area contributed by atoms with Gasteiger partial charge in [-0.3, -0.25) is 0 Å². The molecule has 7 rings (SSSR count). The molecular weight excluding hydrogens is 480 g/mol. The third-order valence-electron chi connectivity index (χ3n) is 7.09. The van der Waals surface area contributed by atoms with Gasteiger partial charge in [-0.15, -0.1) is 5.10 Å². The van der Waals surface area contributed by atoms with Crippen molar-refractivity contribution in [3.63, 3.8) is 0 Å². The molecule has 5 nitrogen and oxygen atoms in total. The Kier molecular flexibility index (Phi) is 5.37. The van der Waals surface area contributed by atoms with Crippen molar-refractivity contribution in [2.45, 2.75) is 25.2 Å². The summed E-state index contributed by atoms with van der Waals surface area (Å²) in [4.78, 5) is 9.70. The Morgan fingerprint density at radius 3 is 2.46 bits per heavy atom. The van der Waals surface area contributed by atoms with E-state index < -0.39 is 0 Å². The second-order valence-electron chi connectivity index (χ2n) is 9.38. The summed E-state index contributed by atoms with van der Waals surface area (Å²) in [6.07, 6.45) is 6.90. The third-order valence-corrected chi connectivity index (χ3v) is 7.42. The number of allylic oxidation sites excluding steroid dienone is 2. The van der Waals surface area contributed by atoms with Crippen molar-refractivity contribution >= 4 is 23.3 Å². The van der Waals surface area contributed by atoms with Crippen molar-refractivity contribution < 1.29 is 4.74 Å². The summed E-state index contributed by atoms with van der Waals surface area (Å²) >= 11 is 6.48. The maximum atomic E-state index is 6.61. The van der Waals surface area contributed by atoms with E-state index in [1.165, 1.54) is 22.3 Å². The van der Waals surface area contributed by atoms with Gasteiger partial charge in [0.1, 0.15) is 12.1 Å². The number of rotatable bonds is 3. The fourth-order valence-electron chi connectivity index (χ4n) is 5.43. The molecule has 1 aliphatic carbocycles. The maximum Gasteiger partial charge on any atom is 0.228 e. The van der Waals surface area contributed by atoms with E-state index in [-0.39, 0.29) is 5.92 Å². The highest BCUT2D eigenvalue weighted by Gasteiger charge is 2.37. The van der Waals surface area contributed by atoms with Crippen LogP contribution in [0.15, 0.2) is 108 Å². The summed E-state index contributed by atoms with van der Waals surface area (Å²) in [5.41, 5.74) is 7.31. The maximum absolute atomic E-state index is 6.61. The highest BCUT2D eigenvalue weighted by molar-refractivity contribution is 6.33. The van der Waals surface area contributed by atoms with Gasteiger partial charge in [-0.05, 0) is 59.7 Å². The molecule has 1 aliphatic heterocycles. The highest BCUT2D eigenvalue weighted by atomic mass is 35.5. The van der Waals surface area contributed by atoms with E-state index in [2.05, 4.69) is 54.6 Å². The van der Waals surface area contributed by atoms with Crippen LogP contribution in [0.3, 0.4) is 0 Å². The zero-order valence-electron chi connectivity index (χ0n) is 20.0. The lowest BCUT2D eigenvalue weighted by atomic mass is 9.77. The zero-order valence-corrected chi connectivity index (χ0v) is 20.8. The summed E-state index contributed by atoms with van der Waals surface area (Å²) in [6, 6.07) is 28.6. The fraction of sp³-hybridized carbons (Fsp3) is 0.129. The van der Waals surface area contributed by atoms with Crippen LogP contribution >= 0.6 is 11.6 Å². The SMILES string of the molecule is Clc1ccccc1-c1nc2c3c(ncn2n1)OC1=C(CCC/C1=C\c1ccccc1)C3c1ccccc1. The monoisotopic (exact) mass is 502 g/mol. The molecule has 3 aromatic carbocycles. The predicted octanol–water partition coefficient (Wildman–Crippen LogP) is 7.49. The average molecular weight is 503 g/mol. The van der Waals surface area contributed by atoms with Crippen molar-refractivity contribution in [3.8, 4) is 17.3 Å². The number of hydrogen-bond donors (Lipinski definition) is 0. The first-order valence-electron chi connectivity index (χ1n) is 12.5. The molecule has 0 saturated heterocycles. The van der Waals surface area contributed by atoms with Crippen LogP contribution in [0.25, 0.3) is 23.1 Å². The van der Waals surface area contributed by atoms with Gasteiger partial charge in [-0.25, -0.2) is 14.5 Å². The first kappa shape index (κ1) is 22.0. The van der Waals surface area contributed by atoms with Gasteiger partial charge in [0.2, 0.25) is 5.88 Å². The van der Waals surface area contributed by atoms with Crippen LogP contribution < -0.4 is 4.74 Å². The lowest BCUT2D eigenvalue weighted by Crippen LogP contribution is -2.22. The minimum Gasteiger partial charge on any atom is -0.438 e. The van der Waals surface area contributed by atoms with Crippen molar-refractivity contribution in [3.05, 3.63) is 130 Å². The molecule has 0 amide bonds. The number of halogens is 1. The molecule has 37 heavy (non-hydrogen) atoms. The molecule has 0 fully saturated rings. The number of ether oxygens (including phenoxy) is 1. The number of nitrogens with zero attached hydrogens (tertiary/aromatic N) is 4. The van der Waals surface area contributed by atoms with Gasteiger partial charge < -0.3 is 4.74 Å². The molecule has 3 heterocycles. The molecule has 0 saturated carbocycles. The first-order valence-corrected chi connectivity index (χ1v) is 12.9. The number of fused-ring (bicyclic) bond motifs is 3. The molecule has 180 valence electrons. The summed E-state index contributed by atoms with van der Waals surface area (Å²) in [5, 5.41) is 5.35. The third kappa shape index (κ3) is 3.83. The Morgan fingerprint density at radius 1 is 0.892 bits per heavy atom. The molecule has 1 unspecified atom stereocenters. The molecule has 0 bridgehead atoms. The van der Waals surface area contributed by atoms with E-state index in [0.717, 1.165) is 41.8 Å². The van der Waals surface area contributed by atoms with Crippen molar-refractivity contribution in [1.29, 1.82) is 0 Å². The van der Waals surface area contributed by atoms with Gasteiger partial charge in [0, 0.05) is 11.5 Å². The van der Waals surface area contributed by atoms with E-state index in [9.17, 15) is 0 Å². The number of aromatic nitrogens is 4. The second kappa shape index (κ2) is 9.02. The van der Waals surface area contributed by atoms with E-state index in [4.69, 9.17) is 31.4 Å². The second-order valence-corrected chi connectivity index (χ2v) is 9.79. The van der Waals surface area contributed by atoms with Crippen LogP contribution in [-0.2, 0) is 0 Å². The topological polar surface area (TPSA) is 52.3 Å². The van der Waals surface area contributed by atoms with Gasteiger partial charge >= 0.3 is 0 Å². The van der Waals surface area contributed by atoms with Gasteiger partial charge in [-0.1, -0.05) is 84.4 Å². The number of benzene rings is 3. The molecular formula is C31H23ClN4O. The average Bonchev–Trinajstić information content (AvgIpc) is 3.38. The number of hydrogen-bond acceptors (Lipinski definition) is 4. The van der Waals surface area contributed by atoms with E-state index in [1.54, 1.807) is 10.8 Å². The largest absolute Gasteiger partial charge is 0.438 e. The van der Waals surface area contributed by atoms with Gasteiger partial charge in [0.25, 0.3) is 0 Å². The van der Waals surface area contributed by atoms with Gasteiger partial charge in [0.05, 0.1) is 10.6 Å². The Bertz CT molecular complexity index is 1690. The Hall–Kier alpha value is -4.22. The van der Waals surface area contributed by atoms with Crippen LogP contribution in [0.1, 0.15) is 41.9 Å². The lowest BCUT2D eigenvalue weighted by Gasteiger charge is -2.34. The Morgan fingerprint density at radius 2 is 1.65 bits per heavy atom. The first-order chi connectivity index (χ1) is 18.3. The molecule has 2 aromatic heterocycles. The lowest BCUT2D eigenvalue weighted by molar-refractivity contribution is 0.371. The van der Waals surface area contributed by atoms with Crippen LogP contribution in [0.5, 0.6) is 5.88 Å². The zero-order chi connectivity index (χ0) is 24.8. The van der Waals surface area contributed by atoms with Gasteiger partial charge in [-0.2, -0.15) is 0 Å². The van der Waals surface area contributed by atoms with Crippen LogP contribution in [0.2, 0.25) is 5.02 Å². The van der Waals surface area contributed by atoms with E-state index >= 15 is 0 Å². The normalized spacial score (nSPS) is 18.0. The Balaban J connectivity index is 1.44. The molecule has 6 heteroatoms. The quantitative estimate of drug-likeness (QED) is 0.256. The molecule has 1 atom stereocenters. The smallest absolute Gasteiger partial charge is 0.228 e. The summed E-state index contributed by atoms with van der Waals surface area (Å²) < 4.78 is 8.35. The minimum absolute atomic E-state index is 0.0288. The van der Waals surface area contributed by atoms with E-state index in [0.29, 0.717) is 16.7 Å². The van der Waals surface area contributed by atoms with Crippen LogP contribution in [0, 0.1) is 0 Å². The van der Waals surface area contributed by atoms with Crippen molar-refractivity contribution in [1.82, 2.24) is 19.6 Å². The van der Waals surface area contributed by atoms with Gasteiger partial charge in [0.15, 0.2) is 11.5 Å². The molecule has 0 N–H and O–H groups in total. The fourth-order valence-corrected chi connectivity index (χ4v) is 5.65. The minimum atomic E-state index is -0.0288. The molecule has 5 aromatic rings. The molecule has 0 spiro atoms. The molecule has 0 radical (unpaired) electrons.